The number of hydrogen-bond acceptors (Lipinski definition) is 7. The number of guanidine groups is 1. The van der Waals surface area contributed by atoms with Gasteiger partial charge in [-0.05, 0) is 18.9 Å². The fourth-order valence-electron chi connectivity index (χ4n) is 2.41. The SMILES string of the molecule is NC(=NCC(F)(F)F)Nc1ccnc(CCCCCn2c(O)c[nH]c2=O)n1.O=C(O)C=CC(=O)O. The van der Waals surface area contributed by atoms with Gasteiger partial charge in [-0.1, -0.05) is 6.42 Å². The van der Waals surface area contributed by atoms with Crippen molar-refractivity contribution in [3.8, 4) is 5.88 Å². The molecule has 0 saturated carbocycles. The molecule has 0 unspecified atom stereocenters. The number of nitrogens with two attached hydrogens (primary N) is 1. The summed E-state index contributed by atoms with van der Waals surface area (Å²) in [5, 5.41) is 27.6. The molecule has 0 atom stereocenters. The third-order valence-corrected chi connectivity index (χ3v) is 3.89. The minimum absolute atomic E-state index is 0.105. The fourth-order valence-corrected chi connectivity index (χ4v) is 2.41. The molecule has 0 fully saturated rings. The standard InChI is InChI=1S/C15H20F3N7O2.C4H4O4/c16-15(17,18)9-22-13(19)24-11-5-6-20-10(23-11)4-2-1-3-7-25-12(26)8-21-14(25)27;5-3(6)1-2-4(7)8/h5-6,8,26H,1-4,7,9H2,(H,21,27)(H3,19,20,22,23,24);1-2H,(H,5,6)(H,7,8). The third-order valence-electron chi connectivity index (χ3n) is 3.89. The van der Waals surface area contributed by atoms with Crippen LogP contribution in [0.15, 0.2) is 40.4 Å². The van der Waals surface area contributed by atoms with Gasteiger partial charge in [0.05, 0.1) is 6.20 Å². The molecule has 2 heterocycles. The molecular weight excluding hydrogens is 479 g/mol. The van der Waals surface area contributed by atoms with Gasteiger partial charge in [0, 0.05) is 31.3 Å². The number of carbonyl (C=O) groups is 2. The Kier molecular flexibility index (Phi) is 11.5. The molecule has 2 rings (SSSR count). The van der Waals surface area contributed by atoms with E-state index in [9.17, 15) is 32.7 Å². The summed E-state index contributed by atoms with van der Waals surface area (Å²) in [6.45, 7) is -0.980. The van der Waals surface area contributed by atoms with Crippen LogP contribution in [-0.4, -0.2) is 65.5 Å². The number of rotatable bonds is 10. The van der Waals surface area contributed by atoms with Gasteiger partial charge >= 0.3 is 23.8 Å². The lowest BCUT2D eigenvalue weighted by Gasteiger charge is -2.07. The molecule has 0 aliphatic heterocycles. The van der Waals surface area contributed by atoms with Crippen LogP contribution in [0.5, 0.6) is 5.88 Å². The monoisotopic (exact) mass is 503 g/mol. The van der Waals surface area contributed by atoms with E-state index >= 15 is 0 Å². The number of hydrogen-bond donors (Lipinski definition) is 6. The molecule has 192 valence electrons. The van der Waals surface area contributed by atoms with Crippen molar-refractivity contribution in [2.75, 3.05) is 11.9 Å². The predicted molar refractivity (Wildman–Crippen MR) is 117 cm³/mol. The number of carboxylic acid groups (broad SMARTS) is 2. The number of nitrogens with one attached hydrogen (secondary N) is 2. The summed E-state index contributed by atoms with van der Waals surface area (Å²) in [7, 11) is 0. The van der Waals surface area contributed by atoms with Crippen molar-refractivity contribution in [1.82, 2.24) is 19.5 Å². The van der Waals surface area contributed by atoms with Gasteiger partial charge in [-0.3, -0.25) is 4.57 Å². The number of halogens is 3. The smallest absolute Gasteiger partial charge is 0.408 e. The maximum Gasteiger partial charge on any atom is 0.408 e. The van der Waals surface area contributed by atoms with Gasteiger partial charge in [-0.15, -0.1) is 0 Å². The minimum Gasteiger partial charge on any atom is -0.493 e. The van der Waals surface area contributed by atoms with Gasteiger partial charge in [-0.25, -0.2) is 29.3 Å². The largest absolute Gasteiger partial charge is 0.493 e. The van der Waals surface area contributed by atoms with E-state index in [0.29, 0.717) is 37.4 Å². The van der Waals surface area contributed by atoms with Crippen LogP contribution in [0.2, 0.25) is 0 Å². The summed E-state index contributed by atoms with van der Waals surface area (Å²) in [4.78, 5) is 44.3. The minimum atomic E-state index is -4.43. The molecule has 13 nitrogen and oxygen atoms in total. The highest BCUT2D eigenvalue weighted by Crippen LogP contribution is 2.14. The molecule has 16 heteroatoms. The summed E-state index contributed by atoms with van der Waals surface area (Å²) in [6, 6.07) is 1.47. The number of aryl methyl sites for hydroxylation is 1. The second kappa shape index (κ2) is 14.0. The van der Waals surface area contributed by atoms with E-state index in [1.54, 1.807) is 0 Å². The van der Waals surface area contributed by atoms with Crippen LogP contribution in [0.3, 0.4) is 0 Å². The number of aromatic nitrogens is 4. The molecule has 0 amide bonds. The molecule has 0 aliphatic carbocycles. The third kappa shape index (κ3) is 13.1. The van der Waals surface area contributed by atoms with Crippen LogP contribution < -0.4 is 16.7 Å². The number of imidazole rings is 1. The van der Waals surface area contributed by atoms with Crippen LogP contribution in [0.25, 0.3) is 0 Å². The van der Waals surface area contributed by atoms with Crippen LogP contribution in [0, 0.1) is 0 Å². The number of H-pyrrole nitrogens is 1. The molecule has 0 radical (unpaired) electrons. The molecule has 7 N–H and O–H groups in total. The molecule has 2 aromatic heterocycles. The number of alkyl halides is 3. The van der Waals surface area contributed by atoms with E-state index in [2.05, 4.69) is 25.3 Å². The van der Waals surface area contributed by atoms with Gasteiger partial charge in [0.25, 0.3) is 0 Å². The molecular formula is C19H24F3N7O6. The van der Waals surface area contributed by atoms with E-state index in [0.717, 1.165) is 12.8 Å². The zero-order chi connectivity index (χ0) is 26.4. The number of aromatic amines is 1. The maximum atomic E-state index is 12.1. The van der Waals surface area contributed by atoms with Crippen molar-refractivity contribution in [2.24, 2.45) is 10.7 Å². The van der Waals surface area contributed by atoms with Crippen molar-refractivity contribution < 1.29 is 38.1 Å². The zero-order valence-electron chi connectivity index (χ0n) is 18.2. The average molecular weight is 503 g/mol. The summed E-state index contributed by atoms with van der Waals surface area (Å²) < 4.78 is 37.6. The number of anilines is 1. The first-order valence-corrected chi connectivity index (χ1v) is 9.94. The van der Waals surface area contributed by atoms with Crippen LogP contribution in [-0.2, 0) is 22.6 Å². The second-order valence-electron chi connectivity index (χ2n) is 6.72. The first-order chi connectivity index (χ1) is 16.4. The van der Waals surface area contributed by atoms with Crippen molar-refractivity contribution in [3.63, 3.8) is 0 Å². The Morgan fingerprint density at radius 3 is 2.40 bits per heavy atom. The number of aromatic hydroxyl groups is 1. The Labute approximate surface area is 195 Å². The summed E-state index contributed by atoms with van der Waals surface area (Å²) in [5.41, 5.74) is 5.04. The van der Waals surface area contributed by atoms with Gasteiger partial charge in [0.2, 0.25) is 5.88 Å². The molecule has 0 aliphatic rings. The highest BCUT2D eigenvalue weighted by Gasteiger charge is 2.26. The number of nitrogens with zero attached hydrogens (tertiary/aromatic N) is 4. The first kappa shape index (κ1) is 28.7. The topological polar surface area (TPSA) is 209 Å². The number of carboxylic acids is 2. The van der Waals surface area contributed by atoms with Crippen LogP contribution in [0.1, 0.15) is 25.1 Å². The molecule has 0 bridgehead atoms. The quantitative estimate of drug-likeness (QED) is 0.118. The van der Waals surface area contributed by atoms with E-state index in [1.165, 1.54) is 23.0 Å². The lowest BCUT2D eigenvalue weighted by atomic mass is 10.2. The van der Waals surface area contributed by atoms with Gasteiger partial charge in [0.1, 0.15) is 18.2 Å². The number of aliphatic imine (C=N–C) groups is 1. The highest BCUT2D eigenvalue weighted by atomic mass is 19.4. The van der Waals surface area contributed by atoms with E-state index in [4.69, 9.17) is 15.9 Å². The van der Waals surface area contributed by atoms with E-state index in [1.807, 2.05) is 0 Å². The summed E-state index contributed by atoms with van der Waals surface area (Å²) in [5.74, 6) is -2.24. The maximum absolute atomic E-state index is 12.1. The summed E-state index contributed by atoms with van der Waals surface area (Å²) in [6.07, 6.45) is 2.13. The zero-order valence-corrected chi connectivity index (χ0v) is 18.2. The number of aliphatic carboxylic acids is 2. The van der Waals surface area contributed by atoms with E-state index < -0.39 is 24.7 Å². The van der Waals surface area contributed by atoms with Gasteiger partial charge < -0.3 is 31.4 Å². The molecule has 35 heavy (non-hydrogen) atoms. The van der Waals surface area contributed by atoms with Crippen molar-refractivity contribution in [1.29, 1.82) is 0 Å². The summed E-state index contributed by atoms with van der Waals surface area (Å²) >= 11 is 0. The molecule has 0 spiro atoms. The lowest BCUT2D eigenvalue weighted by molar-refractivity contribution is -0.134. The normalized spacial score (nSPS) is 11.7. The molecule has 0 aromatic carbocycles. The predicted octanol–water partition coefficient (Wildman–Crippen LogP) is 1.09. The van der Waals surface area contributed by atoms with Crippen molar-refractivity contribution >= 4 is 23.7 Å². The first-order valence-electron chi connectivity index (χ1n) is 9.94. The molecule has 2 aromatic rings. The number of unbranched alkanes of at least 4 members (excludes halogenated alkanes) is 2. The highest BCUT2D eigenvalue weighted by molar-refractivity contribution is 5.91. The second-order valence-corrected chi connectivity index (χ2v) is 6.72. The van der Waals surface area contributed by atoms with Crippen molar-refractivity contribution in [3.05, 3.63) is 46.9 Å². The van der Waals surface area contributed by atoms with Crippen molar-refractivity contribution in [2.45, 2.75) is 38.4 Å². The Hall–Kier alpha value is -4.37. The fraction of sp³-hybridized carbons (Fsp3) is 0.368. The average Bonchev–Trinajstić information content (AvgIpc) is 3.08. The van der Waals surface area contributed by atoms with Crippen LogP contribution >= 0.6 is 0 Å². The Morgan fingerprint density at radius 2 is 1.86 bits per heavy atom. The van der Waals surface area contributed by atoms with Gasteiger partial charge in [0.15, 0.2) is 5.96 Å². The molecule has 0 saturated heterocycles. The Balaban J connectivity index is 0.000000658. The Morgan fingerprint density at radius 1 is 1.20 bits per heavy atom. The van der Waals surface area contributed by atoms with Crippen LogP contribution in [0.4, 0.5) is 19.0 Å². The lowest BCUT2D eigenvalue weighted by Crippen LogP contribution is -2.26. The van der Waals surface area contributed by atoms with E-state index in [-0.39, 0.29) is 23.3 Å². The van der Waals surface area contributed by atoms with Gasteiger partial charge in [-0.2, -0.15) is 13.2 Å². The Bertz CT molecular complexity index is 1080.